The van der Waals surface area contributed by atoms with Crippen LogP contribution in [0.15, 0.2) is 109 Å². The third kappa shape index (κ3) is 59.3. The Morgan fingerprint density at radius 1 is 0.463 bits per heavy atom. The van der Waals surface area contributed by atoms with Gasteiger partial charge in [-0.2, -0.15) is 0 Å². The number of carbonyl (C=O) groups is 2. The van der Waals surface area contributed by atoms with Gasteiger partial charge in [-0.25, -0.2) is 4.57 Å². The largest absolute Gasteiger partial charge is 0.472 e. The molecule has 0 spiro atoms. The van der Waals surface area contributed by atoms with Gasteiger partial charge in [-0.05, 0) is 109 Å². The Hall–Kier alpha value is -3.33. The number of allylic oxidation sites excluding steroid dienone is 17. The molecule has 3 atom stereocenters. The topological polar surface area (TPSA) is 111 Å². The van der Waals surface area contributed by atoms with Gasteiger partial charge in [0.05, 0.1) is 33.8 Å². The predicted molar refractivity (Wildman–Crippen MR) is 346 cm³/mol. The second kappa shape index (κ2) is 58.9. The van der Waals surface area contributed by atoms with Gasteiger partial charge < -0.3 is 19.4 Å². The van der Waals surface area contributed by atoms with E-state index in [4.69, 9.17) is 13.8 Å². The highest BCUT2D eigenvalue weighted by Crippen LogP contribution is 2.43. The quantitative estimate of drug-likeness (QED) is 0.0156. The van der Waals surface area contributed by atoms with Gasteiger partial charge in [-0.1, -0.05) is 259 Å². The van der Waals surface area contributed by atoms with Crippen LogP contribution < -0.4 is 5.32 Å². The summed E-state index contributed by atoms with van der Waals surface area (Å²) in [6.07, 6.45) is 81.0. The Kier molecular flexibility index (Phi) is 56.4. The molecule has 0 aliphatic heterocycles. The number of phosphoric acid groups is 1. The summed E-state index contributed by atoms with van der Waals surface area (Å²) in [6.45, 7) is 6.86. The first-order valence-corrected chi connectivity index (χ1v) is 34.2. The lowest BCUT2D eigenvalue weighted by atomic mass is 10.1. The predicted octanol–water partition coefficient (Wildman–Crippen LogP) is 20.5. The Balaban J connectivity index is 5.14. The summed E-state index contributed by atoms with van der Waals surface area (Å²) >= 11 is 0. The average molecular weight is 1140 g/mol. The molecule has 0 saturated heterocycles. The number of carbonyl (C=O) groups excluding carboxylic acids is 2. The Morgan fingerprint density at radius 3 is 1.29 bits per heavy atom. The zero-order chi connectivity index (χ0) is 58.6. The molecule has 2 N–H and O–H groups in total. The maximum Gasteiger partial charge on any atom is 0.472 e. The highest BCUT2D eigenvalue weighted by molar-refractivity contribution is 7.47. The van der Waals surface area contributed by atoms with Crippen molar-refractivity contribution in [2.45, 2.75) is 283 Å². The Morgan fingerprint density at radius 2 is 0.838 bits per heavy atom. The first-order valence-electron chi connectivity index (χ1n) is 32.7. The van der Waals surface area contributed by atoms with Crippen molar-refractivity contribution >= 4 is 19.7 Å². The SMILES string of the molecule is CC/C=C\C/C=C\C/C=C\C/C=C\C/C=C\C/C=C\CCCCCCCCCCC(=O)OC(/C=C\CCCCCCCCCCC)C(COP(=O)(O)OCC[N+](C)(C)C)NC(=O)CCCCC/C=C/C=C/CCCCCCCCC. The van der Waals surface area contributed by atoms with Crippen LogP contribution in [0.5, 0.6) is 0 Å². The number of nitrogens with one attached hydrogen (secondary N) is 1. The van der Waals surface area contributed by atoms with Crippen LogP contribution in [0, 0.1) is 0 Å². The van der Waals surface area contributed by atoms with E-state index in [1.165, 1.54) is 116 Å². The standard InChI is InChI=1S/C70H123N2O7P/c1-7-10-13-16-19-22-25-27-29-31-32-33-34-35-36-37-38-39-40-41-43-45-48-51-54-57-60-63-70(74)79-68(61-58-55-52-49-46-24-21-18-15-12-9-3)67(66-78-80(75,76)77-65-64-72(4,5)6)71-69(73)62-59-56-53-50-47-44-42-30-28-26-23-20-17-14-11-8-2/h10,13,19,22,27,29-30,32-33,35-36,38-39,42,44,47,58,61,67-68H,7-9,11-12,14-18,20-21,23-26,28,31,34,37,40-41,43,45-46,48-57,59-60,62-66H2,1-6H3,(H-,71,73,75,76)/p+1/b13-10-,22-19-,29-27-,33-32-,36-35-,39-38-,42-30+,47-44+,61-58-. The highest BCUT2D eigenvalue weighted by Gasteiger charge is 2.30. The van der Waals surface area contributed by atoms with E-state index in [2.05, 4.69) is 123 Å². The number of quaternary nitrogens is 1. The summed E-state index contributed by atoms with van der Waals surface area (Å²) in [5, 5.41) is 3.04. The van der Waals surface area contributed by atoms with E-state index in [1.807, 2.05) is 33.3 Å². The van der Waals surface area contributed by atoms with Crippen molar-refractivity contribution in [3.8, 4) is 0 Å². The van der Waals surface area contributed by atoms with E-state index >= 15 is 0 Å². The number of esters is 1. The molecule has 9 nitrogen and oxygen atoms in total. The van der Waals surface area contributed by atoms with Crippen LogP contribution in [0.1, 0.15) is 271 Å². The zero-order valence-corrected chi connectivity index (χ0v) is 53.4. The van der Waals surface area contributed by atoms with E-state index in [9.17, 15) is 19.0 Å². The molecular weight excluding hydrogens is 1010 g/mol. The van der Waals surface area contributed by atoms with Crippen LogP contribution in [0.25, 0.3) is 0 Å². The van der Waals surface area contributed by atoms with Gasteiger partial charge >= 0.3 is 13.8 Å². The number of rotatable bonds is 58. The fourth-order valence-corrected chi connectivity index (χ4v) is 9.67. The fourth-order valence-electron chi connectivity index (χ4n) is 8.93. The number of hydrogen-bond donors (Lipinski definition) is 2. The third-order valence-corrected chi connectivity index (χ3v) is 15.0. The van der Waals surface area contributed by atoms with Crippen LogP contribution in [-0.2, 0) is 27.9 Å². The molecule has 0 radical (unpaired) electrons. The fraction of sp³-hybridized carbons (Fsp3) is 0.714. The summed E-state index contributed by atoms with van der Waals surface area (Å²) in [5.74, 6) is -0.549. The molecule has 1 amide bonds. The van der Waals surface area contributed by atoms with Gasteiger partial charge in [0.15, 0.2) is 0 Å². The van der Waals surface area contributed by atoms with Crippen LogP contribution in [0.4, 0.5) is 0 Å². The van der Waals surface area contributed by atoms with E-state index in [0.29, 0.717) is 23.9 Å². The molecule has 0 saturated carbocycles. The second-order valence-electron chi connectivity index (χ2n) is 22.9. The lowest BCUT2D eigenvalue weighted by Gasteiger charge is -2.27. The molecule has 0 rings (SSSR count). The molecular formula is C70H124N2O7P+. The number of ether oxygens (including phenoxy) is 1. The summed E-state index contributed by atoms with van der Waals surface area (Å²) in [5.41, 5.74) is 0. The molecule has 10 heteroatoms. The van der Waals surface area contributed by atoms with Gasteiger partial charge in [0.1, 0.15) is 19.3 Å². The maximum atomic E-state index is 13.5. The first kappa shape index (κ1) is 76.7. The van der Waals surface area contributed by atoms with Gasteiger partial charge in [-0.3, -0.25) is 18.6 Å². The van der Waals surface area contributed by atoms with E-state index in [-0.39, 0.29) is 31.5 Å². The maximum absolute atomic E-state index is 13.5. The minimum Gasteiger partial charge on any atom is -0.456 e. The number of nitrogens with zero attached hydrogens (tertiary/aromatic N) is 1. The molecule has 460 valence electrons. The van der Waals surface area contributed by atoms with E-state index in [0.717, 1.165) is 116 Å². The van der Waals surface area contributed by atoms with Crippen LogP contribution in [0.3, 0.4) is 0 Å². The van der Waals surface area contributed by atoms with Crippen molar-refractivity contribution in [1.29, 1.82) is 0 Å². The van der Waals surface area contributed by atoms with Gasteiger partial charge in [0, 0.05) is 12.8 Å². The third-order valence-electron chi connectivity index (χ3n) is 14.0. The molecule has 0 aromatic heterocycles. The molecule has 0 bridgehead atoms. The van der Waals surface area contributed by atoms with Crippen LogP contribution in [-0.4, -0.2) is 74.3 Å². The molecule has 0 aliphatic carbocycles. The minimum atomic E-state index is -4.46. The number of amides is 1. The smallest absolute Gasteiger partial charge is 0.456 e. The minimum absolute atomic E-state index is 0.0289. The summed E-state index contributed by atoms with van der Waals surface area (Å²) in [4.78, 5) is 37.7. The molecule has 80 heavy (non-hydrogen) atoms. The highest BCUT2D eigenvalue weighted by atomic mass is 31.2. The second-order valence-corrected chi connectivity index (χ2v) is 24.4. The van der Waals surface area contributed by atoms with Crippen molar-refractivity contribution < 1.29 is 37.3 Å². The summed E-state index contributed by atoms with van der Waals surface area (Å²) < 4.78 is 30.7. The Labute approximate surface area is 493 Å². The summed E-state index contributed by atoms with van der Waals surface area (Å²) in [7, 11) is 1.46. The number of hydrogen-bond acceptors (Lipinski definition) is 6. The van der Waals surface area contributed by atoms with Crippen molar-refractivity contribution in [3.63, 3.8) is 0 Å². The zero-order valence-electron chi connectivity index (χ0n) is 52.5. The summed E-state index contributed by atoms with van der Waals surface area (Å²) in [6, 6.07) is -0.872. The normalized spacial score (nSPS) is 14.3. The number of phosphoric ester groups is 1. The van der Waals surface area contributed by atoms with Crippen molar-refractivity contribution in [3.05, 3.63) is 109 Å². The van der Waals surface area contributed by atoms with E-state index < -0.39 is 20.0 Å². The monoisotopic (exact) mass is 1140 g/mol. The average Bonchev–Trinajstić information content (AvgIpc) is 3.43. The molecule has 0 heterocycles. The number of unbranched alkanes of at least 4 members (excludes halogenated alkanes) is 27. The molecule has 0 fully saturated rings. The van der Waals surface area contributed by atoms with Gasteiger partial charge in [0.2, 0.25) is 5.91 Å². The number of likely N-dealkylation sites (N-methyl/N-ethyl adjacent to an activating group) is 1. The van der Waals surface area contributed by atoms with Crippen LogP contribution in [0.2, 0.25) is 0 Å². The molecule has 0 aliphatic rings. The van der Waals surface area contributed by atoms with Crippen molar-refractivity contribution in [1.82, 2.24) is 5.32 Å². The van der Waals surface area contributed by atoms with Gasteiger partial charge in [-0.15, -0.1) is 0 Å². The van der Waals surface area contributed by atoms with Crippen LogP contribution >= 0.6 is 7.82 Å². The van der Waals surface area contributed by atoms with Crippen molar-refractivity contribution in [2.75, 3.05) is 40.9 Å². The van der Waals surface area contributed by atoms with Gasteiger partial charge in [0.25, 0.3) is 0 Å². The first-order chi connectivity index (χ1) is 38.9. The molecule has 0 aromatic carbocycles. The molecule has 3 unspecified atom stereocenters. The lowest BCUT2D eigenvalue weighted by molar-refractivity contribution is -0.870. The van der Waals surface area contributed by atoms with Crippen molar-refractivity contribution in [2.24, 2.45) is 0 Å². The van der Waals surface area contributed by atoms with E-state index in [1.54, 1.807) is 0 Å². The molecule has 0 aromatic rings. The Bertz CT molecular complexity index is 1740. The lowest BCUT2D eigenvalue weighted by Crippen LogP contribution is -2.47.